The molecule has 22 heteroatoms. The summed E-state index contributed by atoms with van der Waals surface area (Å²) in [4.78, 5) is 119. The molecule has 14 N–H and O–H groups in total. The van der Waals surface area contributed by atoms with Crippen LogP contribution in [0, 0.1) is 17.8 Å². The molecule has 0 aromatic heterocycles. The highest BCUT2D eigenvalue weighted by atomic mass is 16.4. The van der Waals surface area contributed by atoms with Gasteiger partial charge in [-0.05, 0) is 55.9 Å². The SMILES string of the molecule is CC(=O)N[C@@H](C)C(=O)N[C@@H](CCC(=O)O)C(=O)N[C@@H](Cc1ccccc1)C(=O)O.CC(C)CC(O)[C@H](CC(C)C)NC(=O)[C@H](CC(N)=O)NC(=O)[C@@H](NC(=O)[C@@H](N)CCC(=O)O)C(C)C. The van der Waals surface area contributed by atoms with Gasteiger partial charge in [0.15, 0.2) is 0 Å². The first-order valence-electron chi connectivity index (χ1n) is 21.4. The molecule has 1 aromatic rings. The summed E-state index contributed by atoms with van der Waals surface area (Å²) in [7, 11) is 0. The highest BCUT2D eigenvalue weighted by Crippen LogP contribution is 2.16. The Morgan fingerprint density at radius 1 is 0.600 bits per heavy atom. The van der Waals surface area contributed by atoms with Crippen LogP contribution in [0.5, 0.6) is 0 Å². The Hall–Kier alpha value is -6.16. The second-order valence-corrected chi connectivity index (χ2v) is 16.9. The third kappa shape index (κ3) is 25.7. The first-order chi connectivity index (χ1) is 30.1. The molecular weight excluding hydrogens is 853 g/mol. The van der Waals surface area contributed by atoms with Crippen molar-refractivity contribution in [2.75, 3.05) is 0 Å². The molecule has 0 heterocycles. The quantitative estimate of drug-likeness (QED) is 0.0494. The summed E-state index contributed by atoms with van der Waals surface area (Å²) in [5.41, 5.74) is 11.7. The molecule has 1 aromatic carbocycles. The molecule has 0 radical (unpaired) electrons. The molecule has 1 rings (SSSR count). The van der Waals surface area contributed by atoms with Gasteiger partial charge in [-0.2, -0.15) is 0 Å². The zero-order valence-electron chi connectivity index (χ0n) is 38.4. The smallest absolute Gasteiger partial charge is 0.326 e. The van der Waals surface area contributed by atoms with Crippen LogP contribution in [0.4, 0.5) is 0 Å². The number of primary amides is 1. The fourth-order valence-electron chi connectivity index (χ4n) is 6.15. The summed E-state index contributed by atoms with van der Waals surface area (Å²) < 4.78 is 0. The van der Waals surface area contributed by atoms with Crippen LogP contribution in [-0.2, 0) is 54.4 Å². The fourth-order valence-corrected chi connectivity index (χ4v) is 6.15. The van der Waals surface area contributed by atoms with Gasteiger partial charge in [-0.3, -0.25) is 43.2 Å². The number of rotatable bonds is 28. The maximum absolute atomic E-state index is 13.1. The Balaban J connectivity index is 0.00000129. The van der Waals surface area contributed by atoms with Crippen molar-refractivity contribution < 1.29 is 68.4 Å². The van der Waals surface area contributed by atoms with Crippen molar-refractivity contribution in [3.05, 3.63) is 35.9 Å². The lowest BCUT2D eigenvalue weighted by Gasteiger charge is -2.30. The van der Waals surface area contributed by atoms with Gasteiger partial charge in [0.2, 0.25) is 41.4 Å². The van der Waals surface area contributed by atoms with E-state index in [-0.39, 0.29) is 37.5 Å². The maximum atomic E-state index is 13.1. The van der Waals surface area contributed by atoms with Crippen LogP contribution in [0.15, 0.2) is 30.3 Å². The molecule has 366 valence electrons. The van der Waals surface area contributed by atoms with Gasteiger partial charge >= 0.3 is 17.9 Å². The van der Waals surface area contributed by atoms with Gasteiger partial charge in [0, 0.05) is 26.2 Å². The summed E-state index contributed by atoms with van der Waals surface area (Å²) in [6, 6.07) is 1.00. The number of carboxylic acids is 3. The fraction of sp³-hybridized carbons (Fsp3) is 0.628. The Morgan fingerprint density at radius 2 is 1.11 bits per heavy atom. The third-order valence-corrected chi connectivity index (χ3v) is 9.51. The van der Waals surface area contributed by atoms with Crippen LogP contribution < -0.4 is 43.4 Å². The van der Waals surface area contributed by atoms with Gasteiger partial charge < -0.3 is 63.8 Å². The van der Waals surface area contributed by atoms with Crippen molar-refractivity contribution in [2.45, 2.75) is 155 Å². The van der Waals surface area contributed by atoms with Gasteiger partial charge in [-0.15, -0.1) is 0 Å². The number of amides is 7. The number of aliphatic carboxylic acids is 3. The number of carboxylic acid groups (broad SMARTS) is 3. The van der Waals surface area contributed by atoms with E-state index in [0.717, 1.165) is 0 Å². The molecule has 65 heavy (non-hydrogen) atoms. The topological polar surface area (TPSA) is 376 Å². The minimum absolute atomic E-state index is 0.0177. The Morgan fingerprint density at radius 3 is 1.58 bits per heavy atom. The average Bonchev–Trinajstić information content (AvgIpc) is 3.18. The van der Waals surface area contributed by atoms with Crippen molar-refractivity contribution in [3.8, 4) is 0 Å². The van der Waals surface area contributed by atoms with E-state index in [1.165, 1.54) is 13.8 Å². The monoisotopic (exact) mass is 923 g/mol. The van der Waals surface area contributed by atoms with Gasteiger partial charge in [0.05, 0.1) is 24.6 Å². The van der Waals surface area contributed by atoms with Gasteiger partial charge in [-0.1, -0.05) is 71.9 Å². The van der Waals surface area contributed by atoms with E-state index in [1.807, 2.05) is 27.7 Å². The van der Waals surface area contributed by atoms with E-state index in [4.69, 9.17) is 21.7 Å². The summed E-state index contributed by atoms with van der Waals surface area (Å²) in [5.74, 6) is -8.53. The summed E-state index contributed by atoms with van der Waals surface area (Å²) in [6.45, 7) is 13.7. The number of benzene rings is 1. The molecule has 0 spiro atoms. The molecule has 0 saturated carbocycles. The summed E-state index contributed by atoms with van der Waals surface area (Å²) in [5, 5.41) is 52.4. The molecule has 1 unspecified atom stereocenters. The van der Waals surface area contributed by atoms with E-state index >= 15 is 0 Å². The van der Waals surface area contributed by atoms with E-state index < -0.39 is 126 Å². The molecule has 8 atom stereocenters. The molecule has 0 aliphatic heterocycles. The van der Waals surface area contributed by atoms with Crippen molar-refractivity contribution in [1.29, 1.82) is 0 Å². The van der Waals surface area contributed by atoms with E-state index in [2.05, 4.69) is 31.9 Å². The molecule has 0 aliphatic rings. The number of carbonyl (C=O) groups excluding carboxylic acids is 7. The van der Waals surface area contributed by atoms with Crippen LogP contribution >= 0.6 is 0 Å². The Kier molecular flexibility index (Phi) is 27.2. The molecule has 0 saturated heterocycles. The van der Waals surface area contributed by atoms with Crippen molar-refractivity contribution in [3.63, 3.8) is 0 Å². The second-order valence-electron chi connectivity index (χ2n) is 16.9. The molecule has 22 nitrogen and oxygen atoms in total. The van der Waals surface area contributed by atoms with Crippen molar-refractivity contribution in [2.24, 2.45) is 29.2 Å². The normalized spacial score (nSPS) is 14.7. The molecule has 7 amide bonds. The lowest BCUT2D eigenvalue weighted by atomic mass is 9.93. The van der Waals surface area contributed by atoms with Gasteiger partial charge in [-0.25, -0.2) is 4.79 Å². The third-order valence-electron chi connectivity index (χ3n) is 9.51. The number of carbonyl (C=O) groups is 10. The standard InChI is InChI=1S/C24H45N5O7.C19H25N3O7/c1-12(2)9-16(18(30)10-13(3)4)27-23(35)17(11-19(26)31)28-24(36)21(14(5)6)29-22(34)15(25)7-8-20(32)33;1-11(20-12(2)23)17(26)21-14(8-9-16(24)25)18(27)22-15(19(28)29)10-13-6-4-3-5-7-13/h12-18,21,30H,7-11,25H2,1-6H3,(H2,26,31)(H,27,35)(H,28,36)(H,29,34)(H,32,33);3-7,11,14-15H,8-10H2,1-2H3,(H,20,23)(H,21,26)(H,22,27)(H,24,25)(H,28,29)/t15-,16-,17-,18?,21-;11-,14-,15-/m00/s1. The number of aliphatic hydroxyl groups excluding tert-OH is 1. The van der Waals surface area contributed by atoms with E-state index in [9.17, 15) is 58.2 Å². The van der Waals surface area contributed by atoms with Gasteiger partial charge in [0.25, 0.3) is 0 Å². The summed E-state index contributed by atoms with van der Waals surface area (Å²) >= 11 is 0. The van der Waals surface area contributed by atoms with Crippen LogP contribution in [0.2, 0.25) is 0 Å². The van der Waals surface area contributed by atoms with Crippen LogP contribution in [-0.4, -0.2) is 128 Å². The lowest BCUT2D eigenvalue weighted by Crippen LogP contribution is -2.59. The van der Waals surface area contributed by atoms with Crippen molar-refractivity contribution in [1.82, 2.24) is 31.9 Å². The highest BCUT2D eigenvalue weighted by molar-refractivity contribution is 5.95. The number of nitrogens with two attached hydrogens (primary N) is 2. The van der Waals surface area contributed by atoms with Crippen molar-refractivity contribution >= 4 is 59.3 Å². The largest absolute Gasteiger partial charge is 0.481 e. The van der Waals surface area contributed by atoms with E-state index in [0.29, 0.717) is 18.4 Å². The van der Waals surface area contributed by atoms with Gasteiger partial charge in [0.1, 0.15) is 30.2 Å². The average molecular weight is 923 g/mol. The minimum Gasteiger partial charge on any atom is -0.481 e. The van der Waals surface area contributed by atoms with Crippen LogP contribution in [0.1, 0.15) is 106 Å². The number of nitrogens with one attached hydrogen (secondary N) is 6. The van der Waals surface area contributed by atoms with Crippen LogP contribution in [0.3, 0.4) is 0 Å². The zero-order valence-corrected chi connectivity index (χ0v) is 38.4. The molecule has 0 aliphatic carbocycles. The molecule has 0 bridgehead atoms. The van der Waals surface area contributed by atoms with Crippen LogP contribution in [0.25, 0.3) is 0 Å². The first kappa shape index (κ1) is 58.8. The summed E-state index contributed by atoms with van der Waals surface area (Å²) in [6.07, 6.45) is -1.43. The molecular formula is C43H70N8O14. The maximum Gasteiger partial charge on any atom is 0.326 e. The number of hydrogen-bond donors (Lipinski definition) is 12. The Bertz CT molecular complexity index is 1760. The Labute approximate surface area is 379 Å². The predicted octanol–water partition coefficient (Wildman–Crippen LogP) is -0.710. The predicted molar refractivity (Wildman–Crippen MR) is 236 cm³/mol. The second kappa shape index (κ2) is 30.1. The van der Waals surface area contributed by atoms with E-state index in [1.54, 1.807) is 44.2 Å². The minimum atomic E-state index is -1.32. The number of aliphatic hydroxyl groups is 1. The number of hydrogen-bond acceptors (Lipinski definition) is 12. The first-order valence-corrected chi connectivity index (χ1v) is 21.4. The molecule has 0 fully saturated rings. The lowest BCUT2D eigenvalue weighted by molar-refractivity contribution is -0.143. The zero-order chi connectivity index (χ0) is 50.1. The highest BCUT2D eigenvalue weighted by Gasteiger charge is 2.33.